The molecule has 8 heteroatoms. The lowest BCUT2D eigenvalue weighted by Crippen LogP contribution is -2.52. The average molecular weight is 446 g/mol. The number of nitrogens with one attached hydrogen (secondary N) is 3. The van der Waals surface area contributed by atoms with Crippen molar-refractivity contribution in [2.45, 2.75) is 71.1 Å². The molecular formula is C24H35N3O5. The van der Waals surface area contributed by atoms with Gasteiger partial charge in [0.1, 0.15) is 17.9 Å². The lowest BCUT2D eigenvalue weighted by molar-refractivity contribution is -0.127. The summed E-state index contributed by atoms with van der Waals surface area (Å²) in [7, 11) is 0. The Hall–Kier alpha value is -2.90. The van der Waals surface area contributed by atoms with Crippen LogP contribution < -0.4 is 16.0 Å². The van der Waals surface area contributed by atoms with Gasteiger partial charge in [0.25, 0.3) is 0 Å². The van der Waals surface area contributed by atoms with Gasteiger partial charge in [0, 0.05) is 18.9 Å². The summed E-state index contributed by atoms with van der Waals surface area (Å²) in [5.41, 5.74) is 0.261. The molecule has 0 aliphatic carbocycles. The van der Waals surface area contributed by atoms with Crippen molar-refractivity contribution in [2.24, 2.45) is 11.8 Å². The molecule has 3 atom stereocenters. The quantitative estimate of drug-likeness (QED) is 0.453. The standard InChI is InChI=1S/C24H35N3O5/c1-16(2)12-20(22(30)26-19(15-28)13-18-10-11-25-21(18)29)27-23(31)32-24(3,4)14-17-8-6-5-7-9-17/h5-9,15-16,18-20H,10-14H2,1-4H3,(H,25,29)(H,26,30)(H,27,31)/t18-,19-,20-/m0/s1. The molecule has 0 saturated carbocycles. The van der Waals surface area contributed by atoms with Gasteiger partial charge >= 0.3 is 6.09 Å². The molecule has 0 radical (unpaired) electrons. The largest absolute Gasteiger partial charge is 0.443 e. The molecule has 1 fully saturated rings. The Morgan fingerprint density at radius 2 is 1.91 bits per heavy atom. The van der Waals surface area contributed by atoms with Crippen molar-refractivity contribution in [2.75, 3.05) is 6.54 Å². The second kappa shape index (κ2) is 11.6. The molecule has 0 aromatic heterocycles. The van der Waals surface area contributed by atoms with E-state index in [9.17, 15) is 19.2 Å². The molecule has 1 aromatic carbocycles. The van der Waals surface area contributed by atoms with Crippen LogP contribution in [0.2, 0.25) is 0 Å². The highest BCUT2D eigenvalue weighted by molar-refractivity contribution is 5.88. The number of rotatable bonds is 11. The first-order valence-corrected chi connectivity index (χ1v) is 11.2. The maximum Gasteiger partial charge on any atom is 0.408 e. The van der Waals surface area contributed by atoms with E-state index < -0.39 is 29.7 Å². The zero-order valence-electron chi connectivity index (χ0n) is 19.4. The van der Waals surface area contributed by atoms with Crippen LogP contribution in [-0.2, 0) is 25.5 Å². The number of carbonyl (C=O) groups is 4. The second-order valence-corrected chi connectivity index (χ2v) is 9.40. The fourth-order valence-corrected chi connectivity index (χ4v) is 3.86. The van der Waals surface area contributed by atoms with E-state index in [-0.39, 0.29) is 24.2 Å². The maximum absolute atomic E-state index is 12.9. The van der Waals surface area contributed by atoms with Crippen LogP contribution in [0.25, 0.3) is 0 Å². The topological polar surface area (TPSA) is 114 Å². The molecule has 32 heavy (non-hydrogen) atoms. The third-order valence-corrected chi connectivity index (χ3v) is 5.35. The predicted molar refractivity (Wildman–Crippen MR) is 121 cm³/mol. The van der Waals surface area contributed by atoms with Gasteiger partial charge in [0.2, 0.25) is 11.8 Å². The smallest absolute Gasteiger partial charge is 0.408 e. The zero-order chi connectivity index (χ0) is 23.7. The van der Waals surface area contributed by atoms with Crippen LogP contribution in [0.1, 0.15) is 52.5 Å². The summed E-state index contributed by atoms with van der Waals surface area (Å²) in [4.78, 5) is 48.7. The van der Waals surface area contributed by atoms with Gasteiger partial charge in [0.05, 0.1) is 6.04 Å². The summed E-state index contributed by atoms with van der Waals surface area (Å²) in [6.07, 6.45) is 1.73. The van der Waals surface area contributed by atoms with Crippen molar-refractivity contribution >= 4 is 24.2 Å². The van der Waals surface area contributed by atoms with E-state index in [1.807, 2.05) is 58.0 Å². The van der Waals surface area contributed by atoms with Gasteiger partial charge in [-0.3, -0.25) is 9.59 Å². The molecule has 1 aromatic rings. The van der Waals surface area contributed by atoms with E-state index >= 15 is 0 Å². The van der Waals surface area contributed by atoms with Crippen molar-refractivity contribution in [3.8, 4) is 0 Å². The number of alkyl carbamates (subject to hydrolysis) is 1. The molecule has 0 unspecified atom stereocenters. The van der Waals surface area contributed by atoms with E-state index in [1.54, 1.807) is 0 Å². The van der Waals surface area contributed by atoms with Gasteiger partial charge < -0.3 is 25.5 Å². The van der Waals surface area contributed by atoms with Gasteiger partial charge in [-0.1, -0.05) is 44.2 Å². The van der Waals surface area contributed by atoms with Crippen molar-refractivity contribution in [3.63, 3.8) is 0 Å². The minimum atomic E-state index is -0.852. The lowest BCUT2D eigenvalue weighted by atomic mass is 9.98. The second-order valence-electron chi connectivity index (χ2n) is 9.40. The summed E-state index contributed by atoms with van der Waals surface area (Å²) in [6, 6.07) is 8.04. The Labute approximate surface area is 189 Å². The zero-order valence-corrected chi connectivity index (χ0v) is 19.4. The maximum atomic E-state index is 12.9. The van der Waals surface area contributed by atoms with Gasteiger partial charge in [-0.05, 0) is 44.6 Å². The molecule has 1 aliphatic heterocycles. The van der Waals surface area contributed by atoms with Crippen molar-refractivity contribution in [1.82, 2.24) is 16.0 Å². The van der Waals surface area contributed by atoms with Crippen LogP contribution >= 0.6 is 0 Å². The molecule has 3 amide bonds. The highest BCUT2D eigenvalue weighted by atomic mass is 16.6. The summed E-state index contributed by atoms with van der Waals surface area (Å²) in [5.74, 6) is -0.747. The van der Waals surface area contributed by atoms with Crippen LogP contribution in [0, 0.1) is 11.8 Å². The number of amides is 3. The Bertz CT molecular complexity index is 794. The van der Waals surface area contributed by atoms with E-state index in [0.29, 0.717) is 32.1 Å². The molecule has 8 nitrogen and oxygen atoms in total. The molecule has 2 rings (SSSR count). The molecule has 176 valence electrons. The summed E-state index contributed by atoms with van der Waals surface area (Å²) in [5, 5.41) is 8.05. The van der Waals surface area contributed by atoms with Gasteiger partial charge in [-0.2, -0.15) is 0 Å². The fourth-order valence-electron chi connectivity index (χ4n) is 3.86. The average Bonchev–Trinajstić information content (AvgIpc) is 3.10. The summed E-state index contributed by atoms with van der Waals surface area (Å²) in [6.45, 7) is 8.07. The number of hydrogen-bond donors (Lipinski definition) is 3. The molecule has 0 bridgehead atoms. The number of hydrogen-bond acceptors (Lipinski definition) is 5. The first-order valence-electron chi connectivity index (χ1n) is 11.2. The minimum Gasteiger partial charge on any atom is -0.443 e. The first kappa shape index (κ1) is 25.4. The number of aldehydes is 1. The number of ether oxygens (including phenoxy) is 1. The SMILES string of the molecule is CC(C)C[C@H](NC(=O)OC(C)(C)Cc1ccccc1)C(=O)N[C@H](C=O)C[C@@H]1CCNC1=O. The van der Waals surface area contributed by atoms with Crippen molar-refractivity contribution < 1.29 is 23.9 Å². The van der Waals surface area contributed by atoms with Gasteiger partial charge in [-0.25, -0.2) is 4.79 Å². The Morgan fingerprint density at radius 1 is 1.22 bits per heavy atom. The highest BCUT2D eigenvalue weighted by Gasteiger charge is 2.31. The third kappa shape index (κ3) is 8.32. The van der Waals surface area contributed by atoms with Crippen molar-refractivity contribution in [3.05, 3.63) is 35.9 Å². The van der Waals surface area contributed by atoms with Crippen LogP contribution in [0.3, 0.4) is 0 Å². The van der Waals surface area contributed by atoms with E-state index in [1.165, 1.54) is 0 Å². The first-order chi connectivity index (χ1) is 15.1. The van der Waals surface area contributed by atoms with Crippen LogP contribution in [-0.4, -0.2) is 48.4 Å². The summed E-state index contributed by atoms with van der Waals surface area (Å²) >= 11 is 0. The number of benzene rings is 1. The third-order valence-electron chi connectivity index (χ3n) is 5.35. The van der Waals surface area contributed by atoms with Crippen LogP contribution in [0.5, 0.6) is 0 Å². The van der Waals surface area contributed by atoms with Crippen molar-refractivity contribution in [1.29, 1.82) is 0 Å². The molecule has 1 heterocycles. The number of carbonyl (C=O) groups excluding carboxylic acids is 4. The van der Waals surface area contributed by atoms with E-state index in [0.717, 1.165) is 5.56 Å². The lowest BCUT2D eigenvalue weighted by Gasteiger charge is -2.28. The Morgan fingerprint density at radius 3 is 2.47 bits per heavy atom. The normalized spacial score (nSPS) is 17.9. The monoisotopic (exact) mass is 445 g/mol. The van der Waals surface area contributed by atoms with Gasteiger partial charge in [-0.15, -0.1) is 0 Å². The summed E-state index contributed by atoms with van der Waals surface area (Å²) < 4.78 is 5.60. The molecular weight excluding hydrogens is 410 g/mol. The molecule has 0 spiro atoms. The van der Waals surface area contributed by atoms with Gasteiger partial charge in [0.15, 0.2) is 0 Å². The Kier molecular flexibility index (Phi) is 9.23. The molecule has 3 N–H and O–H groups in total. The molecule has 1 saturated heterocycles. The van der Waals surface area contributed by atoms with Crippen LogP contribution in [0.4, 0.5) is 4.79 Å². The molecule has 1 aliphatic rings. The highest BCUT2D eigenvalue weighted by Crippen LogP contribution is 2.18. The van der Waals surface area contributed by atoms with E-state index in [2.05, 4.69) is 16.0 Å². The Balaban J connectivity index is 1.96. The fraction of sp³-hybridized carbons (Fsp3) is 0.583. The minimum absolute atomic E-state index is 0.104. The van der Waals surface area contributed by atoms with Crippen LogP contribution in [0.15, 0.2) is 30.3 Å². The van der Waals surface area contributed by atoms with E-state index in [4.69, 9.17) is 4.74 Å². The predicted octanol–water partition coefficient (Wildman–Crippen LogP) is 2.36.